The molecule has 1 heterocycles. The van der Waals surface area contributed by atoms with Crippen LogP contribution in [0.1, 0.15) is 24.4 Å². The maximum Gasteiger partial charge on any atom is 0.138 e. The van der Waals surface area contributed by atoms with Crippen molar-refractivity contribution >= 4 is 15.9 Å². The van der Waals surface area contributed by atoms with Crippen LogP contribution in [0.15, 0.2) is 29.0 Å². The van der Waals surface area contributed by atoms with E-state index < -0.39 is 6.10 Å². The summed E-state index contributed by atoms with van der Waals surface area (Å²) < 4.78 is 15.2. The first kappa shape index (κ1) is 13.2. The second-order valence-corrected chi connectivity index (χ2v) is 4.74. The molecular weight excluding hydrogens is 301 g/mol. The topological polar surface area (TPSA) is 50.9 Å². The van der Waals surface area contributed by atoms with Crippen molar-refractivity contribution in [2.45, 2.75) is 26.0 Å². The van der Waals surface area contributed by atoms with Gasteiger partial charge in [0.25, 0.3) is 0 Å². The molecule has 1 aromatic heterocycles. The first-order chi connectivity index (χ1) is 8.61. The second-order valence-electron chi connectivity index (χ2n) is 3.89. The normalized spacial score (nSPS) is 12.7. The maximum atomic E-state index is 13.1. The van der Waals surface area contributed by atoms with Gasteiger partial charge < -0.3 is 5.11 Å². The number of nitrogens with zero attached hydrogens (tertiary/aromatic N) is 3. The van der Waals surface area contributed by atoms with E-state index in [1.807, 2.05) is 6.92 Å². The fourth-order valence-electron chi connectivity index (χ4n) is 1.72. The van der Waals surface area contributed by atoms with Crippen LogP contribution in [0.3, 0.4) is 0 Å². The molecule has 0 radical (unpaired) electrons. The molecule has 0 saturated heterocycles. The van der Waals surface area contributed by atoms with E-state index in [1.54, 1.807) is 16.8 Å². The van der Waals surface area contributed by atoms with E-state index in [1.165, 1.54) is 12.4 Å². The van der Waals surface area contributed by atoms with E-state index in [2.05, 4.69) is 26.0 Å². The molecule has 0 amide bonds. The highest BCUT2D eigenvalue weighted by Gasteiger charge is 2.14. The molecular formula is C12H13BrFN3O. The van der Waals surface area contributed by atoms with E-state index in [0.717, 1.165) is 0 Å². The number of aromatic nitrogens is 3. The van der Waals surface area contributed by atoms with Gasteiger partial charge in [-0.25, -0.2) is 9.37 Å². The number of aliphatic hydroxyl groups is 1. The monoisotopic (exact) mass is 313 g/mol. The Bertz CT molecular complexity index is 544. The Morgan fingerprint density at radius 1 is 1.50 bits per heavy atom. The van der Waals surface area contributed by atoms with Gasteiger partial charge in [-0.05, 0) is 40.5 Å². The highest BCUT2D eigenvalue weighted by atomic mass is 79.9. The molecule has 1 unspecified atom stereocenters. The van der Waals surface area contributed by atoms with E-state index in [9.17, 15) is 9.50 Å². The van der Waals surface area contributed by atoms with Crippen LogP contribution in [-0.4, -0.2) is 19.9 Å². The molecule has 0 saturated carbocycles. The Labute approximate surface area is 113 Å². The molecule has 18 heavy (non-hydrogen) atoms. The number of hydrogen-bond acceptors (Lipinski definition) is 3. The van der Waals surface area contributed by atoms with Gasteiger partial charge in [0.1, 0.15) is 18.0 Å². The van der Waals surface area contributed by atoms with Crippen molar-refractivity contribution < 1.29 is 9.50 Å². The highest BCUT2D eigenvalue weighted by Crippen LogP contribution is 2.23. The fraction of sp³-hybridized carbons (Fsp3) is 0.333. The van der Waals surface area contributed by atoms with Crippen molar-refractivity contribution in [3.05, 3.63) is 46.2 Å². The lowest BCUT2D eigenvalue weighted by molar-refractivity contribution is 0.174. The van der Waals surface area contributed by atoms with Crippen LogP contribution in [0.25, 0.3) is 0 Å². The predicted octanol–water partition coefficient (Wildman–Crippen LogP) is 2.48. The van der Waals surface area contributed by atoms with Gasteiger partial charge in [-0.2, -0.15) is 5.10 Å². The van der Waals surface area contributed by atoms with Gasteiger partial charge in [-0.3, -0.25) is 4.68 Å². The van der Waals surface area contributed by atoms with Crippen LogP contribution in [0.4, 0.5) is 4.39 Å². The molecule has 0 bridgehead atoms. The van der Waals surface area contributed by atoms with Gasteiger partial charge in [0, 0.05) is 13.0 Å². The number of aryl methyl sites for hydroxylation is 1. The Kier molecular flexibility index (Phi) is 4.08. The lowest BCUT2D eigenvalue weighted by Crippen LogP contribution is -2.09. The Hall–Kier alpha value is -1.27. The number of rotatable bonds is 4. The smallest absolute Gasteiger partial charge is 0.138 e. The Balaban J connectivity index is 2.16. The number of benzene rings is 1. The van der Waals surface area contributed by atoms with Crippen molar-refractivity contribution in [1.82, 2.24) is 14.8 Å². The molecule has 96 valence electrons. The average Bonchev–Trinajstić information content (AvgIpc) is 2.79. The molecule has 1 N–H and O–H groups in total. The lowest BCUT2D eigenvalue weighted by atomic mass is 10.1. The van der Waals surface area contributed by atoms with Crippen molar-refractivity contribution in [2.75, 3.05) is 0 Å². The molecule has 2 rings (SSSR count). The van der Waals surface area contributed by atoms with Crippen molar-refractivity contribution in [3.63, 3.8) is 0 Å². The zero-order valence-electron chi connectivity index (χ0n) is 9.85. The Morgan fingerprint density at radius 3 is 2.94 bits per heavy atom. The van der Waals surface area contributed by atoms with E-state index in [4.69, 9.17) is 0 Å². The minimum Gasteiger partial charge on any atom is -0.388 e. The van der Waals surface area contributed by atoms with E-state index in [-0.39, 0.29) is 5.82 Å². The molecule has 0 aliphatic rings. The third-order valence-electron chi connectivity index (χ3n) is 2.70. The summed E-state index contributed by atoms with van der Waals surface area (Å²) in [7, 11) is 0. The van der Waals surface area contributed by atoms with Gasteiger partial charge in [0.15, 0.2) is 0 Å². The van der Waals surface area contributed by atoms with Crippen molar-refractivity contribution in [3.8, 4) is 0 Å². The average molecular weight is 314 g/mol. The predicted molar refractivity (Wildman–Crippen MR) is 68.5 cm³/mol. The van der Waals surface area contributed by atoms with Crippen LogP contribution in [0, 0.1) is 5.82 Å². The number of halogens is 2. The molecule has 0 aliphatic heterocycles. The van der Waals surface area contributed by atoms with Crippen LogP contribution in [-0.2, 0) is 13.0 Å². The van der Waals surface area contributed by atoms with Gasteiger partial charge in [0.05, 0.1) is 10.6 Å². The molecule has 0 aliphatic carbocycles. The molecule has 0 spiro atoms. The van der Waals surface area contributed by atoms with Crippen molar-refractivity contribution in [2.24, 2.45) is 0 Å². The lowest BCUT2D eigenvalue weighted by Gasteiger charge is -2.11. The highest BCUT2D eigenvalue weighted by molar-refractivity contribution is 9.10. The minimum atomic E-state index is -0.726. The molecule has 1 aromatic carbocycles. The summed E-state index contributed by atoms with van der Waals surface area (Å²) in [5.74, 6) is 0.369. The third kappa shape index (κ3) is 2.76. The largest absolute Gasteiger partial charge is 0.388 e. The summed E-state index contributed by atoms with van der Waals surface area (Å²) >= 11 is 3.10. The summed E-state index contributed by atoms with van der Waals surface area (Å²) in [6, 6.07) is 4.47. The zero-order chi connectivity index (χ0) is 13.1. The SMILES string of the molecule is CCn1ncnc1CC(O)c1ccc(F)c(Br)c1. The van der Waals surface area contributed by atoms with Gasteiger partial charge >= 0.3 is 0 Å². The molecule has 6 heteroatoms. The number of aliphatic hydroxyl groups excluding tert-OH is 1. The standard InChI is InChI=1S/C12H13BrFN3O/c1-2-17-12(15-7-16-17)6-11(18)8-3-4-10(14)9(13)5-8/h3-5,7,11,18H,2,6H2,1H3. The van der Waals surface area contributed by atoms with Crippen LogP contribution in [0.5, 0.6) is 0 Å². The van der Waals surface area contributed by atoms with Gasteiger partial charge in [0.2, 0.25) is 0 Å². The van der Waals surface area contributed by atoms with Crippen LogP contribution >= 0.6 is 15.9 Å². The first-order valence-electron chi connectivity index (χ1n) is 5.61. The summed E-state index contributed by atoms with van der Waals surface area (Å²) in [5, 5.41) is 14.1. The number of hydrogen-bond donors (Lipinski definition) is 1. The van der Waals surface area contributed by atoms with Crippen molar-refractivity contribution in [1.29, 1.82) is 0 Å². The maximum absolute atomic E-state index is 13.1. The Morgan fingerprint density at radius 2 is 2.28 bits per heavy atom. The van der Waals surface area contributed by atoms with Gasteiger partial charge in [-0.1, -0.05) is 6.07 Å². The quantitative estimate of drug-likeness (QED) is 0.943. The molecule has 4 nitrogen and oxygen atoms in total. The summed E-state index contributed by atoms with van der Waals surface area (Å²) in [5.41, 5.74) is 0.647. The summed E-state index contributed by atoms with van der Waals surface area (Å²) in [6.07, 6.45) is 1.09. The molecule has 1 atom stereocenters. The summed E-state index contributed by atoms with van der Waals surface area (Å²) in [4.78, 5) is 4.10. The van der Waals surface area contributed by atoms with Crippen LogP contribution < -0.4 is 0 Å². The molecule has 2 aromatic rings. The molecule has 0 fully saturated rings. The first-order valence-corrected chi connectivity index (χ1v) is 6.40. The summed E-state index contributed by atoms with van der Waals surface area (Å²) in [6.45, 7) is 2.66. The van der Waals surface area contributed by atoms with Gasteiger partial charge in [-0.15, -0.1) is 0 Å². The minimum absolute atomic E-state index is 0.344. The van der Waals surface area contributed by atoms with Crippen LogP contribution in [0.2, 0.25) is 0 Å². The second kappa shape index (κ2) is 5.58. The zero-order valence-corrected chi connectivity index (χ0v) is 11.4. The fourth-order valence-corrected chi connectivity index (χ4v) is 2.12. The van der Waals surface area contributed by atoms with E-state index >= 15 is 0 Å². The third-order valence-corrected chi connectivity index (χ3v) is 3.31. The van der Waals surface area contributed by atoms with E-state index in [0.29, 0.717) is 28.8 Å².